The normalized spacial score (nSPS) is 11.8. The molecule has 0 spiro atoms. The fraction of sp³-hybridized carbons (Fsp3) is 0.429. The molecule has 4 nitrogen and oxygen atoms in total. The molecule has 0 atom stereocenters. The predicted molar refractivity (Wildman–Crippen MR) is 71.1 cm³/mol. The molecule has 0 radical (unpaired) electrons. The fourth-order valence-electron chi connectivity index (χ4n) is 1.56. The Kier molecular flexibility index (Phi) is 3.48. The lowest BCUT2D eigenvalue weighted by Gasteiger charge is -2.18. The van der Waals surface area contributed by atoms with Gasteiger partial charge >= 0.3 is 0 Å². The summed E-state index contributed by atoms with van der Waals surface area (Å²) in [5, 5.41) is 11.4. The van der Waals surface area contributed by atoms with Crippen LogP contribution >= 0.6 is 0 Å². The predicted octanol–water partition coefficient (Wildman–Crippen LogP) is 2.93. The summed E-state index contributed by atoms with van der Waals surface area (Å²) in [5.41, 5.74) is 2.18. The maximum absolute atomic E-state index is 5.64. The summed E-state index contributed by atoms with van der Waals surface area (Å²) in [6, 6.07) is 8.04. The second-order valence-corrected chi connectivity index (χ2v) is 5.47. The van der Waals surface area contributed by atoms with E-state index < -0.39 is 0 Å². The largest absolute Gasteiger partial charge is 0.419 e. The van der Waals surface area contributed by atoms with Crippen molar-refractivity contribution < 1.29 is 4.42 Å². The zero-order valence-electron chi connectivity index (χ0n) is 11.3. The Morgan fingerprint density at radius 2 is 2.00 bits per heavy atom. The summed E-state index contributed by atoms with van der Waals surface area (Å²) in [6.45, 7) is 8.94. The smallest absolute Gasteiger partial charge is 0.247 e. The Morgan fingerprint density at radius 3 is 2.67 bits per heavy atom. The van der Waals surface area contributed by atoms with Crippen LogP contribution < -0.4 is 5.32 Å². The first-order valence-corrected chi connectivity index (χ1v) is 6.08. The third kappa shape index (κ3) is 3.40. The molecule has 0 bridgehead atoms. The number of hydrogen-bond acceptors (Lipinski definition) is 4. The molecule has 0 aliphatic rings. The van der Waals surface area contributed by atoms with Gasteiger partial charge in [-0.3, -0.25) is 0 Å². The minimum absolute atomic E-state index is 0.0397. The van der Waals surface area contributed by atoms with Crippen molar-refractivity contribution in [3.05, 3.63) is 35.7 Å². The van der Waals surface area contributed by atoms with Crippen molar-refractivity contribution in [3.63, 3.8) is 0 Å². The van der Waals surface area contributed by atoms with E-state index >= 15 is 0 Å². The van der Waals surface area contributed by atoms with Gasteiger partial charge in [-0.2, -0.15) is 0 Å². The average molecular weight is 245 g/mol. The van der Waals surface area contributed by atoms with Crippen molar-refractivity contribution in [2.24, 2.45) is 0 Å². The molecule has 1 heterocycles. The number of rotatable bonds is 3. The highest BCUT2D eigenvalue weighted by Crippen LogP contribution is 2.18. The van der Waals surface area contributed by atoms with E-state index in [0.29, 0.717) is 18.3 Å². The number of benzene rings is 1. The first-order valence-electron chi connectivity index (χ1n) is 6.08. The lowest BCUT2D eigenvalue weighted by molar-refractivity contribution is 0.383. The maximum Gasteiger partial charge on any atom is 0.247 e. The number of hydrogen-bond donors (Lipinski definition) is 1. The van der Waals surface area contributed by atoms with Gasteiger partial charge < -0.3 is 9.73 Å². The van der Waals surface area contributed by atoms with E-state index in [4.69, 9.17) is 4.42 Å². The molecule has 2 rings (SSSR count). The standard InChI is InChI=1S/C14H19N3O/c1-10-6-5-7-11(8-10)13-17-16-12(18-13)9-15-14(2,3)4/h5-8,15H,9H2,1-4H3. The summed E-state index contributed by atoms with van der Waals surface area (Å²) in [4.78, 5) is 0. The molecule has 0 unspecified atom stereocenters. The van der Waals surface area contributed by atoms with Crippen molar-refractivity contribution in [2.75, 3.05) is 0 Å². The van der Waals surface area contributed by atoms with E-state index in [-0.39, 0.29) is 5.54 Å². The summed E-state index contributed by atoms with van der Waals surface area (Å²) in [5.74, 6) is 1.19. The summed E-state index contributed by atoms with van der Waals surface area (Å²) < 4.78 is 5.64. The third-order valence-corrected chi connectivity index (χ3v) is 2.50. The van der Waals surface area contributed by atoms with Gasteiger partial charge in [0.2, 0.25) is 11.8 Å². The molecule has 96 valence electrons. The van der Waals surface area contributed by atoms with Crippen LogP contribution in [-0.4, -0.2) is 15.7 Å². The van der Waals surface area contributed by atoms with Gasteiger partial charge in [-0.15, -0.1) is 10.2 Å². The molecule has 4 heteroatoms. The van der Waals surface area contributed by atoms with E-state index in [2.05, 4.69) is 36.3 Å². The van der Waals surface area contributed by atoms with Gasteiger partial charge in [0.25, 0.3) is 0 Å². The highest BCUT2D eigenvalue weighted by atomic mass is 16.4. The average Bonchev–Trinajstić information content (AvgIpc) is 2.74. The van der Waals surface area contributed by atoms with E-state index in [1.54, 1.807) is 0 Å². The van der Waals surface area contributed by atoms with Crippen LogP contribution in [0.4, 0.5) is 0 Å². The van der Waals surface area contributed by atoms with Crippen LogP contribution in [0.2, 0.25) is 0 Å². The fourth-order valence-corrected chi connectivity index (χ4v) is 1.56. The quantitative estimate of drug-likeness (QED) is 0.903. The minimum Gasteiger partial charge on any atom is -0.419 e. The first-order chi connectivity index (χ1) is 8.44. The summed E-state index contributed by atoms with van der Waals surface area (Å²) in [7, 11) is 0. The summed E-state index contributed by atoms with van der Waals surface area (Å²) >= 11 is 0. The van der Waals surface area contributed by atoms with Crippen LogP contribution in [0.3, 0.4) is 0 Å². The van der Waals surface area contributed by atoms with Gasteiger partial charge in [0.05, 0.1) is 6.54 Å². The Hall–Kier alpha value is -1.68. The van der Waals surface area contributed by atoms with Gasteiger partial charge in [0, 0.05) is 11.1 Å². The van der Waals surface area contributed by atoms with Crippen molar-refractivity contribution in [1.29, 1.82) is 0 Å². The van der Waals surface area contributed by atoms with Gasteiger partial charge in [0.1, 0.15) is 0 Å². The molecule has 1 aromatic carbocycles. The molecule has 0 amide bonds. The molecule has 0 saturated carbocycles. The highest BCUT2D eigenvalue weighted by Gasteiger charge is 2.12. The van der Waals surface area contributed by atoms with Crippen LogP contribution in [0.1, 0.15) is 32.2 Å². The molecule has 0 aliphatic heterocycles. The Labute approximate surface area is 107 Å². The molecule has 1 aromatic heterocycles. The molecular formula is C14H19N3O. The highest BCUT2D eigenvalue weighted by molar-refractivity contribution is 5.53. The minimum atomic E-state index is 0.0397. The van der Waals surface area contributed by atoms with E-state index in [9.17, 15) is 0 Å². The number of nitrogens with one attached hydrogen (secondary N) is 1. The van der Waals surface area contributed by atoms with Crippen LogP contribution in [-0.2, 0) is 6.54 Å². The van der Waals surface area contributed by atoms with Crippen molar-refractivity contribution in [3.8, 4) is 11.5 Å². The first kappa shape index (κ1) is 12.8. The van der Waals surface area contributed by atoms with Crippen LogP contribution in [0.15, 0.2) is 28.7 Å². The Morgan fingerprint density at radius 1 is 1.22 bits per heavy atom. The molecule has 0 saturated heterocycles. The zero-order valence-corrected chi connectivity index (χ0v) is 11.3. The van der Waals surface area contributed by atoms with Crippen LogP contribution in [0, 0.1) is 6.92 Å². The van der Waals surface area contributed by atoms with Crippen LogP contribution in [0.5, 0.6) is 0 Å². The molecule has 0 fully saturated rings. The third-order valence-electron chi connectivity index (χ3n) is 2.50. The van der Waals surface area contributed by atoms with Crippen molar-refractivity contribution >= 4 is 0 Å². The molecule has 0 aliphatic carbocycles. The van der Waals surface area contributed by atoms with Crippen LogP contribution in [0.25, 0.3) is 11.5 Å². The molecule has 1 N–H and O–H groups in total. The Bertz CT molecular complexity index is 526. The van der Waals surface area contributed by atoms with Gasteiger partial charge in [-0.05, 0) is 39.8 Å². The van der Waals surface area contributed by atoms with E-state index in [1.807, 2.05) is 31.2 Å². The van der Waals surface area contributed by atoms with Crippen molar-refractivity contribution in [1.82, 2.24) is 15.5 Å². The van der Waals surface area contributed by atoms with E-state index in [1.165, 1.54) is 5.56 Å². The second kappa shape index (κ2) is 4.90. The van der Waals surface area contributed by atoms with E-state index in [0.717, 1.165) is 5.56 Å². The number of nitrogens with zero attached hydrogens (tertiary/aromatic N) is 2. The monoisotopic (exact) mass is 245 g/mol. The number of aromatic nitrogens is 2. The lowest BCUT2D eigenvalue weighted by Crippen LogP contribution is -2.35. The Balaban J connectivity index is 2.11. The second-order valence-electron chi connectivity index (χ2n) is 5.47. The lowest BCUT2D eigenvalue weighted by atomic mass is 10.1. The van der Waals surface area contributed by atoms with Crippen molar-refractivity contribution in [2.45, 2.75) is 39.8 Å². The number of aryl methyl sites for hydroxylation is 1. The zero-order chi connectivity index (χ0) is 13.2. The topological polar surface area (TPSA) is 51.0 Å². The summed E-state index contributed by atoms with van der Waals surface area (Å²) in [6.07, 6.45) is 0. The van der Waals surface area contributed by atoms with Gasteiger partial charge in [-0.1, -0.05) is 17.7 Å². The molecule has 18 heavy (non-hydrogen) atoms. The molecule has 2 aromatic rings. The SMILES string of the molecule is Cc1cccc(-c2nnc(CNC(C)(C)C)o2)c1. The molecular weight excluding hydrogens is 226 g/mol. The van der Waals surface area contributed by atoms with Gasteiger partial charge in [-0.25, -0.2) is 0 Å². The maximum atomic E-state index is 5.64. The van der Waals surface area contributed by atoms with Gasteiger partial charge in [0.15, 0.2) is 0 Å².